The zero-order valence-electron chi connectivity index (χ0n) is 9.02. The molecule has 1 aliphatic rings. The van der Waals surface area contributed by atoms with Crippen molar-refractivity contribution in [3.63, 3.8) is 0 Å². The van der Waals surface area contributed by atoms with Crippen molar-refractivity contribution in [2.24, 2.45) is 0 Å². The van der Waals surface area contributed by atoms with E-state index >= 15 is 0 Å². The largest absolute Gasteiger partial charge is 0.307 e. The summed E-state index contributed by atoms with van der Waals surface area (Å²) in [7, 11) is 0. The fourth-order valence-corrected chi connectivity index (χ4v) is 1.31. The Hall–Kier alpha value is -1.38. The molecule has 0 spiro atoms. The molecule has 0 saturated carbocycles. The van der Waals surface area contributed by atoms with Crippen molar-refractivity contribution in [1.29, 1.82) is 0 Å². The van der Waals surface area contributed by atoms with Gasteiger partial charge in [-0.1, -0.05) is 18.6 Å². The van der Waals surface area contributed by atoms with E-state index < -0.39 is 0 Å². The number of carbonyl (C=O) groups is 3. The standard InChI is InChI=1S/C9H9.3CH2O.Mn/c1-2-5-9-7-3-6-8(9)4-1;3*1-2;/h1-3,6-7H,4-5H2;3*1H2;/q-1;;;;. The van der Waals surface area contributed by atoms with Crippen LogP contribution < -0.4 is 0 Å². The monoisotopic (exact) mass is 262 g/mol. The average molecular weight is 262 g/mol. The minimum atomic E-state index is 0. The summed E-state index contributed by atoms with van der Waals surface area (Å²) in [6.07, 6.45) is 6.76. The smallest absolute Gasteiger partial charge is 0.106 e. The molecule has 0 N–H and O–H groups in total. The second-order valence-corrected chi connectivity index (χ2v) is 2.46. The number of rotatable bonds is 0. The van der Waals surface area contributed by atoms with Crippen LogP contribution >= 0.6 is 0 Å². The number of hydrogen-bond donors (Lipinski definition) is 0. The van der Waals surface area contributed by atoms with Crippen LogP contribution in [0.1, 0.15) is 11.1 Å². The molecule has 0 fully saturated rings. The van der Waals surface area contributed by atoms with Crippen molar-refractivity contribution >= 4 is 20.4 Å². The van der Waals surface area contributed by atoms with E-state index in [0.717, 1.165) is 12.8 Å². The van der Waals surface area contributed by atoms with Gasteiger partial charge in [-0.2, -0.15) is 23.3 Å². The van der Waals surface area contributed by atoms with E-state index in [1.807, 2.05) is 20.4 Å². The van der Waals surface area contributed by atoms with E-state index in [4.69, 9.17) is 14.4 Å². The molecule has 2 rings (SSSR count). The molecule has 1 aromatic carbocycles. The van der Waals surface area contributed by atoms with Gasteiger partial charge >= 0.3 is 0 Å². The van der Waals surface area contributed by atoms with Gasteiger partial charge in [0.15, 0.2) is 0 Å². The van der Waals surface area contributed by atoms with Gasteiger partial charge in [0.1, 0.15) is 20.4 Å². The Morgan fingerprint density at radius 1 is 0.938 bits per heavy atom. The maximum Gasteiger partial charge on any atom is 0.106 e. The minimum absolute atomic E-state index is 0. The van der Waals surface area contributed by atoms with Gasteiger partial charge in [-0.15, -0.1) is 0 Å². The summed E-state index contributed by atoms with van der Waals surface area (Å²) in [5, 5.41) is 0. The fraction of sp³-hybridized carbons (Fsp3) is 0.167. The van der Waals surface area contributed by atoms with Gasteiger partial charge in [0.05, 0.1) is 0 Å². The molecule has 1 aliphatic carbocycles. The first-order valence-electron chi connectivity index (χ1n) is 4.22. The summed E-state index contributed by atoms with van der Waals surface area (Å²) < 4.78 is 0. The molecular weight excluding hydrogens is 247 g/mol. The third-order valence-electron chi connectivity index (χ3n) is 1.85. The Morgan fingerprint density at radius 2 is 1.44 bits per heavy atom. The van der Waals surface area contributed by atoms with E-state index in [0.29, 0.717) is 0 Å². The predicted octanol–water partition coefficient (Wildman–Crippen LogP) is 1.50. The first-order valence-corrected chi connectivity index (χ1v) is 4.22. The Morgan fingerprint density at radius 3 is 1.94 bits per heavy atom. The van der Waals surface area contributed by atoms with Crippen LogP contribution in [0.5, 0.6) is 0 Å². The van der Waals surface area contributed by atoms with Crippen molar-refractivity contribution < 1.29 is 31.5 Å². The molecule has 0 bridgehead atoms. The van der Waals surface area contributed by atoms with Gasteiger partial charge in [-0.3, -0.25) is 0 Å². The van der Waals surface area contributed by atoms with Crippen LogP contribution in [-0.2, 0) is 44.3 Å². The van der Waals surface area contributed by atoms with Crippen molar-refractivity contribution in [2.45, 2.75) is 12.8 Å². The normalized spacial score (nSPS) is 9.50. The first-order chi connectivity index (χ1) is 7.47. The molecule has 0 aliphatic heterocycles. The molecule has 3 nitrogen and oxygen atoms in total. The molecule has 0 atom stereocenters. The average Bonchev–Trinajstić information content (AvgIpc) is 2.85. The van der Waals surface area contributed by atoms with Crippen LogP contribution in [0.3, 0.4) is 0 Å². The molecule has 0 aromatic heterocycles. The van der Waals surface area contributed by atoms with Gasteiger partial charge in [0.2, 0.25) is 0 Å². The molecule has 89 valence electrons. The van der Waals surface area contributed by atoms with E-state index in [1.165, 1.54) is 11.1 Å². The second kappa shape index (κ2) is 16.1. The number of fused-ring (bicyclic) bond motifs is 1. The maximum atomic E-state index is 8.00. The summed E-state index contributed by atoms with van der Waals surface area (Å²) >= 11 is 0. The molecule has 1 radical (unpaired) electrons. The van der Waals surface area contributed by atoms with Gasteiger partial charge in [0, 0.05) is 17.1 Å². The van der Waals surface area contributed by atoms with Crippen LogP contribution in [0.15, 0.2) is 30.4 Å². The van der Waals surface area contributed by atoms with Gasteiger partial charge < -0.3 is 14.4 Å². The third kappa shape index (κ3) is 6.98. The van der Waals surface area contributed by atoms with Gasteiger partial charge in [-0.25, -0.2) is 6.07 Å². The molecular formula is C12H15MnO3-. The second-order valence-electron chi connectivity index (χ2n) is 2.46. The zero-order chi connectivity index (χ0) is 12.1. The van der Waals surface area contributed by atoms with Gasteiger partial charge in [-0.05, 0) is 6.42 Å². The number of allylic oxidation sites excluding steroid dienone is 2. The minimum Gasteiger partial charge on any atom is -0.307 e. The zero-order valence-corrected chi connectivity index (χ0v) is 10.2. The topological polar surface area (TPSA) is 51.2 Å². The molecule has 0 unspecified atom stereocenters. The van der Waals surface area contributed by atoms with Crippen molar-refractivity contribution in [1.82, 2.24) is 0 Å². The van der Waals surface area contributed by atoms with E-state index in [1.54, 1.807) is 0 Å². The SMILES string of the molecule is C1=CCc2[cH-]ccc2C1.C=O.C=O.C=O.[Mn]. The van der Waals surface area contributed by atoms with Crippen LogP contribution in [0.25, 0.3) is 0 Å². The van der Waals surface area contributed by atoms with Crippen LogP contribution in [-0.4, -0.2) is 20.4 Å². The van der Waals surface area contributed by atoms with Gasteiger partial charge in [0.25, 0.3) is 0 Å². The number of carbonyl (C=O) groups excluding carboxylic acids is 3. The van der Waals surface area contributed by atoms with Crippen molar-refractivity contribution in [3.8, 4) is 0 Å². The molecule has 0 heterocycles. The fourth-order valence-electron chi connectivity index (χ4n) is 1.31. The van der Waals surface area contributed by atoms with E-state index in [2.05, 4.69) is 30.4 Å². The quantitative estimate of drug-likeness (QED) is 0.404. The Balaban J connectivity index is -0.000000214. The van der Waals surface area contributed by atoms with Crippen molar-refractivity contribution in [2.75, 3.05) is 0 Å². The Labute approximate surface area is 106 Å². The summed E-state index contributed by atoms with van der Waals surface area (Å²) in [6.45, 7) is 6.00. The molecule has 16 heavy (non-hydrogen) atoms. The number of hydrogen-bond acceptors (Lipinski definition) is 3. The predicted molar refractivity (Wildman–Crippen MR) is 59.9 cm³/mol. The first kappa shape index (κ1) is 20.1. The maximum absolute atomic E-state index is 8.00. The molecule has 1 aromatic rings. The third-order valence-corrected chi connectivity index (χ3v) is 1.85. The Kier molecular flexibility index (Phi) is 20.2. The molecule has 0 saturated heterocycles. The van der Waals surface area contributed by atoms with Crippen LogP contribution in [0.4, 0.5) is 0 Å². The molecule has 4 heteroatoms. The summed E-state index contributed by atoms with van der Waals surface area (Å²) in [5.41, 5.74) is 3.02. The van der Waals surface area contributed by atoms with E-state index in [9.17, 15) is 0 Å². The van der Waals surface area contributed by atoms with Crippen LogP contribution in [0.2, 0.25) is 0 Å². The molecule has 0 amide bonds. The van der Waals surface area contributed by atoms with E-state index in [-0.39, 0.29) is 17.1 Å². The Bertz CT molecular complexity index is 254. The summed E-state index contributed by atoms with van der Waals surface area (Å²) in [6, 6.07) is 6.55. The summed E-state index contributed by atoms with van der Waals surface area (Å²) in [4.78, 5) is 24.0. The van der Waals surface area contributed by atoms with Crippen molar-refractivity contribution in [3.05, 3.63) is 41.5 Å². The van der Waals surface area contributed by atoms with Crippen LogP contribution in [0, 0.1) is 0 Å². The summed E-state index contributed by atoms with van der Waals surface area (Å²) in [5.74, 6) is 0.